The summed E-state index contributed by atoms with van der Waals surface area (Å²) in [6.07, 6.45) is -0.167. The largest absolute Gasteiger partial charge is 0.394 e. The van der Waals surface area contributed by atoms with Crippen LogP contribution in [0.25, 0.3) is 0 Å². The van der Waals surface area contributed by atoms with Crippen molar-refractivity contribution in [1.82, 2.24) is 0 Å². The summed E-state index contributed by atoms with van der Waals surface area (Å²) in [6, 6.07) is 0. The van der Waals surface area contributed by atoms with Crippen molar-refractivity contribution in [2.75, 3.05) is 0 Å². The molecule has 0 aliphatic heterocycles. The highest BCUT2D eigenvalue weighted by molar-refractivity contribution is 5.72. The molecule has 0 amide bonds. The molecule has 0 aromatic heterocycles. The third-order valence-corrected chi connectivity index (χ3v) is 0. The van der Waals surface area contributed by atoms with E-state index in [1.54, 1.807) is 13.8 Å². The molecule has 2 nitrogen and oxygen atoms in total. The summed E-state index contributed by atoms with van der Waals surface area (Å²) in [5, 5.41) is 8.06. The topological polar surface area (TPSA) is 37.3 Å². The molecule has 0 aliphatic carbocycles. The van der Waals surface area contributed by atoms with E-state index >= 15 is 0 Å². The van der Waals surface area contributed by atoms with Crippen LogP contribution >= 0.6 is 0 Å². The average molecular weight is 256 g/mol. The highest BCUT2D eigenvalue weighted by Crippen LogP contribution is 2.06. The van der Waals surface area contributed by atoms with Gasteiger partial charge >= 0.3 is 0 Å². The second kappa shape index (κ2) is 15.5. The van der Waals surface area contributed by atoms with Crippen LogP contribution in [0.1, 0.15) is 62.3 Å². The molecule has 0 atom stereocenters. The maximum atomic E-state index is 11.0. The number of aliphatic hydroxyl groups excluding tert-OH is 1. The standard InChI is InChI=1S/C4H10.C3H6F2.C3H8O.C3H6O/c1-4(2)3;1-3(2,4)5;2*1-3(2)4/h4H,1-3H3;1-2H3;3-4H,1-2H3;1-2H3. The second-order valence-corrected chi connectivity index (χ2v) is 5.06. The zero-order chi connectivity index (χ0) is 15.2. The maximum absolute atomic E-state index is 11.0. The van der Waals surface area contributed by atoms with Gasteiger partial charge in [0.05, 0.1) is 0 Å². The molecule has 0 aromatic rings. The lowest BCUT2D eigenvalue weighted by molar-refractivity contribution is -0.115. The van der Waals surface area contributed by atoms with Gasteiger partial charge in [0.25, 0.3) is 0 Å². The Bertz CT molecular complexity index is 128. The van der Waals surface area contributed by atoms with Crippen LogP contribution in [-0.4, -0.2) is 22.9 Å². The molecule has 0 heterocycles. The van der Waals surface area contributed by atoms with Crippen LogP contribution in [0.5, 0.6) is 0 Å². The molecule has 0 fully saturated rings. The molecule has 0 rings (SSSR count). The van der Waals surface area contributed by atoms with Crippen LogP contribution in [0, 0.1) is 5.92 Å². The summed E-state index contributed by atoms with van der Waals surface area (Å²) in [5.74, 6) is -1.50. The average Bonchev–Trinajstić information content (AvgIpc) is 1.73. The van der Waals surface area contributed by atoms with E-state index in [4.69, 9.17) is 5.11 Å². The van der Waals surface area contributed by atoms with Gasteiger partial charge in [-0.2, -0.15) is 0 Å². The summed E-state index contributed by atoms with van der Waals surface area (Å²) in [7, 11) is 0. The molecule has 0 saturated heterocycles. The normalized spacial score (nSPS) is 9.29. The number of ketones is 1. The highest BCUT2D eigenvalue weighted by Gasteiger charge is 2.08. The predicted octanol–water partition coefficient (Wildman–Crippen LogP) is 4.31. The Kier molecular flexibility index (Phi) is 23.1. The zero-order valence-corrected chi connectivity index (χ0v) is 12.8. The first-order valence-corrected chi connectivity index (χ1v) is 5.73. The number of carbonyl (C=O) groups is 1. The molecule has 0 aromatic carbocycles. The number of hydrogen-bond acceptors (Lipinski definition) is 2. The van der Waals surface area contributed by atoms with E-state index in [2.05, 4.69) is 20.8 Å². The van der Waals surface area contributed by atoms with Crippen molar-refractivity contribution in [1.29, 1.82) is 0 Å². The van der Waals surface area contributed by atoms with Crippen LogP contribution in [0.3, 0.4) is 0 Å². The molecule has 0 saturated carbocycles. The fraction of sp³-hybridized carbons (Fsp3) is 0.923. The van der Waals surface area contributed by atoms with Gasteiger partial charge in [0.1, 0.15) is 5.78 Å². The van der Waals surface area contributed by atoms with Gasteiger partial charge in [-0.05, 0) is 47.5 Å². The van der Waals surface area contributed by atoms with E-state index < -0.39 is 5.92 Å². The van der Waals surface area contributed by atoms with Gasteiger partial charge in [-0.1, -0.05) is 20.8 Å². The van der Waals surface area contributed by atoms with Gasteiger partial charge in [0.2, 0.25) is 5.92 Å². The molecular weight excluding hydrogens is 226 g/mol. The number of hydrogen-bond donors (Lipinski definition) is 1. The minimum atomic E-state index is -2.50. The molecule has 0 radical (unpaired) electrons. The monoisotopic (exact) mass is 256 g/mol. The summed E-state index contributed by atoms with van der Waals surface area (Å²) < 4.78 is 22.0. The second-order valence-electron chi connectivity index (χ2n) is 5.06. The lowest BCUT2D eigenvalue weighted by atomic mass is 10.3. The smallest absolute Gasteiger partial charge is 0.242 e. The van der Waals surface area contributed by atoms with Crippen molar-refractivity contribution in [3.8, 4) is 0 Å². The Morgan fingerprint density at radius 3 is 1.00 bits per heavy atom. The molecule has 0 bridgehead atoms. The van der Waals surface area contributed by atoms with Gasteiger partial charge in [0, 0.05) is 6.10 Å². The maximum Gasteiger partial charge on any atom is 0.242 e. The first-order valence-electron chi connectivity index (χ1n) is 5.73. The van der Waals surface area contributed by atoms with Crippen LogP contribution in [0.15, 0.2) is 0 Å². The van der Waals surface area contributed by atoms with Crippen LogP contribution in [-0.2, 0) is 4.79 Å². The minimum absolute atomic E-state index is 0.167. The molecule has 0 spiro atoms. The quantitative estimate of drug-likeness (QED) is 0.701. The number of halogens is 2. The Hall–Kier alpha value is -0.510. The van der Waals surface area contributed by atoms with Crippen molar-refractivity contribution in [3.63, 3.8) is 0 Å². The summed E-state index contributed by atoms with van der Waals surface area (Å²) in [4.78, 5) is 9.44. The van der Waals surface area contributed by atoms with Crippen LogP contribution in [0.2, 0.25) is 0 Å². The first-order chi connectivity index (χ1) is 7.20. The van der Waals surface area contributed by atoms with Gasteiger partial charge in [0.15, 0.2) is 0 Å². The van der Waals surface area contributed by atoms with Crippen LogP contribution < -0.4 is 0 Å². The van der Waals surface area contributed by atoms with E-state index in [0.717, 1.165) is 19.8 Å². The zero-order valence-electron chi connectivity index (χ0n) is 12.8. The van der Waals surface area contributed by atoms with Gasteiger partial charge in [-0.15, -0.1) is 0 Å². The highest BCUT2D eigenvalue weighted by atomic mass is 19.3. The number of rotatable bonds is 0. The Balaban J connectivity index is -0.0000000667. The predicted molar refractivity (Wildman–Crippen MR) is 70.5 cm³/mol. The number of alkyl halides is 2. The number of Topliss-reactive ketones (excluding diaryl/α,β-unsaturated/α-hetero) is 1. The summed E-state index contributed by atoms with van der Waals surface area (Å²) in [6.45, 7) is 14.7. The molecule has 17 heavy (non-hydrogen) atoms. The van der Waals surface area contributed by atoms with Gasteiger partial charge in [-0.3, -0.25) is 0 Å². The fourth-order valence-corrected chi connectivity index (χ4v) is 0. The first kappa shape index (κ1) is 25.4. The van der Waals surface area contributed by atoms with Crippen molar-refractivity contribution in [2.45, 2.75) is 74.3 Å². The third kappa shape index (κ3) is 10800. The molecular formula is C13H30F2O2. The molecule has 1 N–H and O–H groups in total. The Labute approximate surface area is 105 Å². The fourth-order valence-electron chi connectivity index (χ4n) is 0. The van der Waals surface area contributed by atoms with Crippen molar-refractivity contribution in [2.24, 2.45) is 5.92 Å². The summed E-state index contributed by atoms with van der Waals surface area (Å²) >= 11 is 0. The lowest BCUT2D eigenvalue weighted by Crippen LogP contribution is -1.98. The lowest BCUT2D eigenvalue weighted by Gasteiger charge is -1.94. The number of aliphatic hydroxyl groups is 1. The molecule has 108 valence electrons. The SMILES string of the molecule is CC(C)(F)F.CC(C)=O.CC(C)C.CC(C)O. The number of carbonyl (C=O) groups excluding carboxylic acids is 1. The van der Waals surface area contributed by atoms with E-state index in [1.807, 2.05) is 0 Å². The molecule has 0 unspecified atom stereocenters. The third-order valence-electron chi connectivity index (χ3n) is 0. The van der Waals surface area contributed by atoms with Crippen molar-refractivity contribution >= 4 is 5.78 Å². The van der Waals surface area contributed by atoms with Crippen molar-refractivity contribution in [3.05, 3.63) is 0 Å². The molecule has 4 heteroatoms. The molecule has 0 aliphatic rings. The Morgan fingerprint density at radius 2 is 1.00 bits per heavy atom. The minimum Gasteiger partial charge on any atom is -0.394 e. The van der Waals surface area contributed by atoms with E-state index in [0.29, 0.717) is 0 Å². The van der Waals surface area contributed by atoms with Gasteiger partial charge in [-0.25, -0.2) is 8.78 Å². The van der Waals surface area contributed by atoms with E-state index in [-0.39, 0.29) is 11.9 Å². The Morgan fingerprint density at radius 1 is 1.00 bits per heavy atom. The van der Waals surface area contributed by atoms with Crippen molar-refractivity contribution < 1.29 is 18.7 Å². The van der Waals surface area contributed by atoms with Gasteiger partial charge < -0.3 is 9.90 Å². The summed E-state index contributed by atoms with van der Waals surface area (Å²) in [5.41, 5.74) is 0. The van der Waals surface area contributed by atoms with E-state index in [9.17, 15) is 13.6 Å². The van der Waals surface area contributed by atoms with Crippen LogP contribution in [0.4, 0.5) is 8.78 Å². The van der Waals surface area contributed by atoms with E-state index in [1.165, 1.54) is 13.8 Å².